The molecule has 2 fully saturated rings. The lowest BCUT2D eigenvalue weighted by molar-refractivity contribution is -0.137. The van der Waals surface area contributed by atoms with Gasteiger partial charge in [0.2, 0.25) is 0 Å². The molecule has 1 spiro atoms. The molecule has 3 aromatic rings. The van der Waals surface area contributed by atoms with Crippen molar-refractivity contribution >= 4 is 22.7 Å². The summed E-state index contributed by atoms with van der Waals surface area (Å²) in [7, 11) is 0. The molecule has 0 amide bonds. The first-order valence-electron chi connectivity index (χ1n) is 10.7. The summed E-state index contributed by atoms with van der Waals surface area (Å²) < 4.78 is 65.4. The Morgan fingerprint density at radius 3 is 2.55 bits per heavy atom. The largest absolute Gasteiger partial charge is 0.417 e. The molecule has 0 bridgehead atoms. The lowest BCUT2D eigenvalue weighted by atomic mass is 9.60. The molecule has 12 heteroatoms. The molecular formula is C21H22F5N7. The molecule has 3 aromatic heterocycles. The van der Waals surface area contributed by atoms with Crippen LogP contribution in [0.15, 0.2) is 30.9 Å². The molecule has 0 unspecified atom stereocenters. The standard InChI is InChI=1S/C21H22F5N7/c22-17(23)12-33-19-16(10-29-33)28-11-18(31-19)32-3-1-20(2-4-32)6-15(7-20)30-14-5-13(8-27-9-14)21(24,25)26/h5,8-11,15,17,30H,1-4,6-7,12H2. The summed E-state index contributed by atoms with van der Waals surface area (Å²) in [4.78, 5) is 14.6. The van der Waals surface area contributed by atoms with Gasteiger partial charge in [0.25, 0.3) is 6.43 Å². The van der Waals surface area contributed by atoms with Crippen molar-refractivity contribution < 1.29 is 22.0 Å². The molecule has 4 heterocycles. The van der Waals surface area contributed by atoms with E-state index in [1.54, 1.807) is 6.20 Å². The molecule has 1 aliphatic carbocycles. The van der Waals surface area contributed by atoms with Crippen molar-refractivity contribution in [2.24, 2.45) is 5.41 Å². The maximum absolute atomic E-state index is 12.9. The number of pyridine rings is 1. The van der Waals surface area contributed by atoms with Crippen LogP contribution in [0.3, 0.4) is 0 Å². The molecule has 0 aromatic carbocycles. The van der Waals surface area contributed by atoms with E-state index in [1.807, 2.05) is 0 Å². The van der Waals surface area contributed by atoms with Crippen molar-refractivity contribution in [3.8, 4) is 0 Å². The smallest absolute Gasteiger partial charge is 0.381 e. The van der Waals surface area contributed by atoms with E-state index in [1.165, 1.54) is 17.1 Å². The number of aromatic nitrogens is 5. The van der Waals surface area contributed by atoms with Crippen LogP contribution < -0.4 is 10.2 Å². The molecule has 1 saturated heterocycles. The van der Waals surface area contributed by atoms with Gasteiger partial charge in [0, 0.05) is 31.5 Å². The Hall–Kier alpha value is -3.05. The van der Waals surface area contributed by atoms with Crippen molar-refractivity contribution in [3.63, 3.8) is 0 Å². The fraction of sp³-hybridized carbons (Fsp3) is 0.524. The van der Waals surface area contributed by atoms with Crippen LogP contribution in [0, 0.1) is 5.41 Å². The number of nitrogens with one attached hydrogen (secondary N) is 1. The third-order valence-corrected chi connectivity index (χ3v) is 6.59. The van der Waals surface area contributed by atoms with E-state index in [4.69, 9.17) is 0 Å². The van der Waals surface area contributed by atoms with Crippen molar-refractivity contribution in [2.45, 2.75) is 50.9 Å². The summed E-state index contributed by atoms with van der Waals surface area (Å²) in [6.45, 7) is 0.975. The summed E-state index contributed by atoms with van der Waals surface area (Å²) in [6, 6.07) is 1.20. The molecule has 2 aliphatic rings. The Kier molecular flexibility index (Phi) is 5.32. The highest BCUT2D eigenvalue weighted by Gasteiger charge is 2.46. The minimum absolute atomic E-state index is 0.113. The Balaban J connectivity index is 1.19. The van der Waals surface area contributed by atoms with Crippen LogP contribution in [0.2, 0.25) is 0 Å². The molecule has 0 radical (unpaired) electrons. The van der Waals surface area contributed by atoms with Gasteiger partial charge in [0.15, 0.2) is 5.65 Å². The molecule has 7 nitrogen and oxygen atoms in total. The summed E-state index contributed by atoms with van der Waals surface area (Å²) in [5, 5.41) is 7.12. The molecule has 33 heavy (non-hydrogen) atoms. The van der Waals surface area contributed by atoms with Crippen molar-refractivity contribution in [3.05, 3.63) is 36.4 Å². The molecule has 0 atom stereocenters. The number of hydrogen-bond acceptors (Lipinski definition) is 6. The second-order valence-corrected chi connectivity index (χ2v) is 8.85. The fourth-order valence-electron chi connectivity index (χ4n) is 4.87. The Morgan fingerprint density at radius 2 is 1.85 bits per heavy atom. The topological polar surface area (TPSA) is 71.8 Å². The number of alkyl halides is 5. The fourth-order valence-corrected chi connectivity index (χ4v) is 4.87. The van der Waals surface area contributed by atoms with Crippen LogP contribution in [0.4, 0.5) is 33.5 Å². The number of anilines is 2. The highest BCUT2D eigenvalue weighted by Crippen LogP contribution is 2.50. The van der Waals surface area contributed by atoms with E-state index in [9.17, 15) is 22.0 Å². The minimum Gasteiger partial charge on any atom is -0.381 e. The van der Waals surface area contributed by atoms with Gasteiger partial charge in [-0.05, 0) is 37.2 Å². The highest BCUT2D eigenvalue weighted by atomic mass is 19.4. The summed E-state index contributed by atoms with van der Waals surface area (Å²) in [6.07, 6.45) is 1.96. The first-order chi connectivity index (χ1) is 15.7. The zero-order valence-corrected chi connectivity index (χ0v) is 17.6. The van der Waals surface area contributed by atoms with Gasteiger partial charge < -0.3 is 10.2 Å². The van der Waals surface area contributed by atoms with Crippen LogP contribution >= 0.6 is 0 Å². The minimum atomic E-state index is -4.42. The lowest BCUT2D eigenvalue weighted by Gasteiger charge is -2.52. The Morgan fingerprint density at radius 1 is 1.09 bits per heavy atom. The van der Waals surface area contributed by atoms with E-state index in [0.29, 0.717) is 22.7 Å². The summed E-state index contributed by atoms with van der Waals surface area (Å²) in [5.74, 6) is 0.636. The third kappa shape index (κ3) is 4.42. The van der Waals surface area contributed by atoms with Gasteiger partial charge >= 0.3 is 6.18 Å². The number of hydrogen-bond donors (Lipinski definition) is 1. The number of nitrogens with zero attached hydrogens (tertiary/aromatic N) is 6. The zero-order chi connectivity index (χ0) is 23.2. The molecule has 1 saturated carbocycles. The second-order valence-electron chi connectivity index (χ2n) is 8.85. The molecule has 176 valence electrons. The molecule has 5 rings (SSSR count). The van der Waals surface area contributed by atoms with E-state index < -0.39 is 24.7 Å². The van der Waals surface area contributed by atoms with Gasteiger partial charge in [-0.2, -0.15) is 18.3 Å². The van der Waals surface area contributed by atoms with Gasteiger partial charge in [0.1, 0.15) is 17.9 Å². The predicted molar refractivity (Wildman–Crippen MR) is 111 cm³/mol. The number of fused-ring (bicyclic) bond motifs is 1. The molecule has 1 N–H and O–H groups in total. The summed E-state index contributed by atoms with van der Waals surface area (Å²) >= 11 is 0. The van der Waals surface area contributed by atoms with Crippen LogP contribution in [0.5, 0.6) is 0 Å². The zero-order valence-electron chi connectivity index (χ0n) is 17.6. The third-order valence-electron chi connectivity index (χ3n) is 6.59. The normalized spacial score (nSPS) is 18.8. The maximum atomic E-state index is 12.9. The van der Waals surface area contributed by atoms with E-state index in [0.717, 1.165) is 51.0 Å². The van der Waals surface area contributed by atoms with Gasteiger partial charge in [0.05, 0.1) is 23.6 Å². The van der Waals surface area contributed by atoms with Gasteiger partial charge in [-0.1, -0.05) is 0 Å². The van der Waals surface area contributed by atoms with E-state index >= 15 is 0 Å². The second kappa shape index (κ2) is 8.07. The number of rotatable bonds is 5. The summed E-state index contributed by atoms with van der Waals surface area (Å²) in [5.41, 5.74) is 0.590. The quantitative estimate of drug-likeness (QED) is 0.562. The van der Waals surface area contributed by atoms with Crippen molar-refractivity contribution in [1.29, 1.82) is 0 Å². The Bertz CT molecular complexity index is 1130. The van der Waals surface area contributed by atoms with Crippen LogP contribution in [-0.4, -0.2) is 50.3 Å². The van der Waals surface area contributed by atoms with Crippen molar-refractivity contribution in [2.75, 3.05) is 23.3 Å². The molecular weight excluding hydrogens is 445 g/mol. The average Bonchev–Trinajstić information content (AvgIpc) is 3.14. The van der Waals surface area contributed by atoms with E-state index in [-0.39, 0.29) is 11.5 Å². The number of piperidine rings is 1. The van der Waals surface area contributed by atoms with Gasteiger partial charge in [-0.15, -0.1) is 0 Å². The van der Waals surface area contributed by atoms with Crippen LogP contribution in [0.25, 0.3) is 11.2 Å². The van der Waals surface area contributed by atoms with Crippen LogP contribution in [0.1, 0.15) is 31.2 Å². The van der Waals surface area contributed by atoms with Gasteiger partial charge in [-0.25, -0.2) is 23.4 Å². The SMILES string of the molecule is FC(F)Cn1ncc2ncc(N3CCC4(CC3)CC(Nc3cncc(C(F)(F)F)c3)C4)nc21. The van der Waals surface area contributed by atoms with Crippen LogP contribution in [-0.2, 0) is 12.7 Å². The number of halogens is 5. The lowest BCUT2D eigenvalue weighted by Crippen LogP contribution is -2.51. The first kappa shape index (κ1) is 21.8. The first-order valence-corrected chi connectivity index (χ1v) is 10.7. The Labute approximate surface area is 186 Å². The van der Waals surface area contributed by atoms with Gasteiger partial charge in [-0.3, -0.25) is 4.98 Å². The van der Waals surface area contributed by atoms with Crippen molar-refractivity contribution in [1.82, 2.24) is 24.7 Å². The monoisotopic (exact) mass is 467 g/mol. The highest BCUT2D eigenvalue weighted by molar-refractivity contribution is 5.71. The maximum Gasteiger partial charge on any atom is 0.417 e. The average molecular weight is 467 g/mol. The predicted octanol–water partition coefficient (Wildman–Crippen LogP) is 4.37. The molecule has 1 aliphatic heterocycles. The van der Waals surface area contributed by atoms with E-state index in [2.05, 4.69) is 30.3 Å².